The third-order valence-corrected chi connectivity index (χ3v) is 4.44. The first kappa shape index (κ1) is 14.3. The Bertz CT molecular complexity index is 500. The molecule has 0 aromatic heterocycles. The molecular weight excluding hydrogens is 286 g/mol. The minimum absolute atomic E-state index is 0.137. The summed E-state index contributed by atoms with van der Waals surface area (Å²) in [6.07, 6.45) is 0. The second-order valence-corrected chi connectivity index (χ2v) is 6.54. The molecule has 1 heterocycles. The van der Waals surface area contributed by atoms with Crippen LogP contribution >= 0.6 is 11.6 Å². The second kappa shape index (κ2) is 6.36. The van der Waals surface area contributed by atoms with Crippen LogP contribution in [0.3, 0.4) is 0 Å². The molecule has 0 aliphatic carbocycles. The van der Waals surface area contributed by atoms with Crippen LogP contribution in [0.15, 0.2) is 18.2 Å². The van der Waals surface area contributed by atoms with E-state index < -0.39 is 10.8 Å². The van der Waals surface area contributed by atoms with Crippen molar-refractivity contribution >= 4 is 39.7 Å². The van der Waals surface area contributed by atoms with E-state index in [-0.39, 0.29) is 12.5 Å². The van der Waals surface area contributed by atoms with Crippen LogP contribution in [0.4, 0.5) is 11.4 Å². The molecule has 0 radical (unpaired) electrons. The largest absolute Gasteiger partial charge is 0.397 e. The summed E-state index contributed by atoms with van der Waals surface area (Å²) in [6.45, 7) is 1.65. The average Bonchev–Trinajstić information content (AvgIpc) is 2.37. The highest BCUT2D eigenvalue weighted by Crippen LogP contribution is 2.22. The molecule has 5 nitrogen and oxygen atoms in total. The number of rotatable bonds is 3. The lowest BCUT2D eigenvalue weighted by molar-refractivity contribution is -0.117. The lowest BCUT2D eigenvalue weighted by atomic mass is 10.2. The highest BCUT2D eigenvalue weighted by Gasteiger charge is 2.17. The Morgan fingerprint density at radius 3 is 2.79 bits per heavy atom. The maximum atomic E-state index is 11.9. The van der Waals surface area contributed by atoms with E-state index in [0.717, 1.165) is 0 Å². The summed E-state index contributed by atoms with van der Waals surface area (Å²) >= 11 is 5.86. The van der Waals surface area contributed by atoms with Gasteiger partial charge in [0.25, 0.3) is 0 Å². The molecule has 3 N–H and O–H groups in total. The van der Waals surface area contributed by atoms with Gasteiger partial charge in [-0.3, -0.25) is 13.9 Å². The monoisotopic (exact) mass is 301 g/mol. The van der Waals surface area contributed by atoms with E-state index in [9.17, 15) is 9.00 Å². The number of nitrogen functional groups attached to an aromatic ring is 1. The smallest absolute Gasteiger partial charge is 0.238 e. The molecule has 1 aromatic carbocycles. The minimum Gasteiger partial charge on any atom is -0.397 e. The van der Waals surface area contributed by atoms with Crippen molar-refractivity contribution in [3.8, 4) is 0 Å². The van der Waals surface area contributed by atoms with E-state index >= 15 is 0 Å². The third-order valence-electron chi connectivity index (χ3n) is 2.93. The molecule has 1 aliphatic rings. The van der Waals surface area contributed by atoms with Gasteiger partial charge in [0.05, 0.1) is 17.9 Å². The van der Waals surface area contributed by atoms with Crippen molar-refractivity contribution in [3.05, 3.63) is 23.2 Å². The van der Waals surface area contributed by atoms with Crippen LogP contribution in [0.25, 0.3) is 0 Å². The highest BCUT2D eigenvalue weighted by molar-refractivity contribution is 7.85. The summed E-state index contributed by atoms with van der Waals surface area (Å²) in [7, 11) is -0.731. The van der Waals surface area contributed by atoms with E-state index in [2.05, 4.69) is 5.32 Å². The first-order valence-corrected chi connectivity index (χ1v) is 7.83. The molecule has 19 heavy (non-hydrogen) atoms. The molecule has 0 spiro atoms. The summed E-state index contributed by atoms with van der Waals surface area (Å²) in [5.74, 6) is 1.13. The van der Waals surface area contributed by atoms with E-state index in [1.54, 1.807) is 18.2 Å². The van der Waals surface area contributed by atoms with Crippen LogP contribution in [-0.4, -0.2) is 46.2 Å². The molecule has 1 fully saturated rings. The van der Waals surface area contributed by atoms with Crippen molar-refractivity contribution in [2.75, 3.05) is 42.2 Å². The van der Waals surface area contributed by atoms with Crippen molar-refractivity contribution in [1.29, 1.82) is 0 Å². The van der Waals surface area contributed by atoms with Crippen LogP contribution in [-0.2, 0) is 15.6 Å². The molecule has 7 heteroatoms. The first-order chi connectivity index (χ1) is 9.04. The van der Waals surface area contributed by atoms with E-state index in [1.807, 2.05) is 4.90 Å². The van der Waals surface area contributed by atoms with Gasteiger partial charge in [-0.05, 0) is 18.2 Å². The van der Waals surface area contributed by atoms with E-state index in [0.29, 0.717) is 41.0 Å². The van der Waals surface area contributed by atoms with Gasteiger partial charge in [0, 0.05) is 40.4 Å². The number of carbonyl (C=O) groups is 1. The number of benzene rings is 1. The predicted molar refractivity (Wildman–Crippen MR) is 78.8 cm³/mol. The fraction of sp³-hybridized carbons (Fsp3) is 0.417. The maximum Gasteiger partial charge on any atom is 0.238 e. The van der Waals surface area contributed by atoms with Crippen molar-refractivity contribution in [2.24, 2.45) is 0 Å². The zero-order valence-corrected chi connectivity index (χ0v) is 12.0. The maximum absolute atomic E-state index is 11.9. The van der Waals surface area contributed by atoms with E-state index in [4.69, 9.17) is 17.3 Å². The number of nitrogens with one attached hydrogen (secondary N) is 1. The van der Waals surface area contributed by atoms with Gasteiger partial charge in [0.1, 0.15) is 0 Å². The Balaban J connectivity index is 1.90. The van der Waals surface area contributed by atoms with Crippen LogP contribution in [0.1, 0.15) is 0 Å². The molecule has 104 valence electrons. The van der Waals surface area contributed by atoms with Crippen LogP contribution in [0.5, 0.6) is 0 Å². The highest BCUT2D eigenvalue weighted by atomic mass is 35.5. The lowest BCUT2D eigenvalue weighted by Crippen LogP contribution is -2.42. The second-order valence-electron chi connectivity index (χ2n) is 4.40. The summed E-state index contributed by atoms with van der Waals surface area (Å²) in [5, 5.41) is 3.27. The predicted octanol–water partition coefficient (Wildman–Crippen LogP) is 0.925. The molecule has 0 saturated carbocycles. The molecule has 1 aliphatic heterocycles. The van der Waals surface area contributed by atoms with Gasteiger partial charge in [-0.1, -0.05) is 11.6 Å². The van der Waals surface area contributed by atoms with Gasteiger partial charge < -0.3 is 11.1 Å². The Morgan fingerprint density at radius 1 is 1.42 bits per heavy atom. The zero-order valence-electron chi connectivity index (χ0n) is 10.4. The average molecular weight is 302 g/mol. The molecule has 0 unspecified atom stereocenters. The number of nitrogens with zero attached hydrogens (tertiary/aromatic N) is 1. The number of carbonyl (C=O) groups excluding carboxylic acids is 1. The van der Waals surface area contributed by atoms with E-state index in [1.165, 1.54) is 0 Å². The Kier molecular flexibility index (Phi) is 4.79. The Hall–Kier alpha value is -1.11. The van der Waals surface area contributed by atoms with Crippen molar-refractivity contribution < 1.29 is 9.00 Å². The standard InChI is InChI=1S/C12H16ClN3O2S/c13-9-1-2-10(14)11(7-9)15-12(17)8-16-3-5-19(18)6-4-16/h1-2,7H,3-6,8,14H2,(H,15,17). The molecular formula is C12H16ClN3O2S. The van der Waals surface area contributed by atoms with Crippen molar-refractivity contribution in [3.63, 3.8) is 0 Å². The van der Waals surface area contributed by atoms with Crippen molar-refractivity contribution in [1.82, 2.24) is 4.90 Å². The summed E-state index contributed by atoms with van der Waals surface area (Å²) in [6, 6.07) is 4.95. The van der Waals surface area contributed by atoms with Gasteiger partial charge in [-0.15, -0.1) is 0 Å². The van der Waals surface area contributed by atoms with Crippen LogP contribution in [0.2, 0.25) is 5.02 Å². The Labute approximate surface area is 119 Å². The van der Waals surface area contributed by atoms with Gasteiger partial charge in [0.15, 0.2) is 0 Å². The summed E-state index contributed by atoms with van der Waals surface area (Å²) in [4.78, 5) is 13.9. The number of amides is 1. The number of hydrogen-bond acceptors (Lipinski definition) is 4. The molecule has 1 amide bonds. The first-order valence-electron chi connectivity index (χ1n) is 5.97. The fourth-order valence-electron chi connectivity index (χ4n) is 1.86. The quantitative estimate of drug-likeness (QED) is 0.814. The number of anilines is 2. The van der Waals surface area contributed by atoms with Crippen LogP contribution in [0, 0.1) is 0 Å². The van der Waals surface area contributed by atoms with Gasteiger partial charge in [0.2, 0.25) is 5.91 Å². The van der Waals surface area contributed by atoms with Gasteiger partial charge in [-0.25, -0.2) is 0 Å². The van der Waals surface area contributed by atoms with Crippen LogP contribution < -0.4 is 11.1 Å². The number of hydrogen-bond donors (Lipinski definition) is 2. The molecule has 0 atom stereocenters. The molecule has 1 aromatic rings. The lowest BCUT2D eigenvalue weighted by Gasteiger charge is -2.25. The Morgan fingerprint density at radius 2 is 2.11 bits per heavy atom. The molecule has 1 saturated heterocycles. The number of halogens is 1. The zero-order chi connectivity index (χ0) is 13.8. The third kappa shape index (κ3) is 4.19. The topological polar surface area (TPSA) is 75.4 Å². The molecule has 0 bridgehead atoms. The SMILES string of the molecule is Nc1ccc(Cl)cc1NC(=O)CN1CCS(=O)CC1. The summed E-state index contributed by atoms with van der Waals surface area (Å²) < 4.78 is 11.2. The number of nitrogens with two attached hydrogens (primary N) is 1. The normalized spacial score (nSPS) is 17.3. The fourth-order valence-corrected chi connectivity index (χ4v) is 3.16. The molecule has 2 rings (SSSR count). The van der Waals surface area contributed by atoms with Gasteiger partial charge >= 0.3 is 0 Å². The minimum atomic E-state index is -0.731. The van der Waals surface area contributed by atoms with Crippen molar-refractivity contribution in [2.45, 2.75) is 0 Å². The van der Waals surface area contributed by atoms with Gasteiger partial charge in [-0.2, -0.15) is 0 Å². The summed E-state index contributed by atoms with van der Waals surface area (Å²) in [5.41, 5.74) is 6.77.